The lowest BCUT2D eigenvalue weighted by molar-refractivity contribution is -0.190. The predicted octanol–water partition coefficient (Wildman–Crippen LogP) is 2.27. The number of nitrogens with zero attached hydrogens (tertiary/aromatic N) is 1. The number of pyridine rings is 1. The lowest BCUT2D eigenvalue weighted by Gasteiger charge is -2.17. The van der Waals surface area contributed by atoms with Gasteiger partial charge in [-0.05, 0) is 6.92 Å². The molecule has 1 rings (SSSR count). The van der Waals surface area contributed by atoms with Gasteiger partial charge in [0, 0.05) is 6.07 Å². The highest BCUT2D eigenvalue weighted by Crippen LogP contribution is 2.26. The van der Waals surface area contributed by atoms with Crippen LogP contribution in [0.25, 0.3) is 0 Å². The van der Waals surface area contributed by atoms with Crippen molar-refractivity contribution in [2.75, 3.05) is 5.73 Å². The lowest BCUT2D eigenvalue weighted by atomic mass is 10.4. The van der Waals surface area contributed by atoms with Gasteiger partial charge in [0.15, 0.2) is 23.6 Å². The van der Waals surface area contributed by atoms with E-state index in [1.54, 1.807) is 0 Å². The highest BCUT2D eigenvalue weighted by atomic mass is 19.4. The van der Waals surface area contributed by atoms with Crippen LogP contribution >= 0.6 is 0 Å². The Kier molecular flexibility index (Phi) is 3.20. The maximum Gasteiger partial charge on any atom is 0.425 e. The molecule has 0 aliphatic heterocycles. The topological polar surface area (TPSA) is 48.1 Å². The molecule has 0 aliphatic rings. The summed E-state index contributed by atoms with van der Waals surface area (Å²) in [6, 6.07) is 0.306. The van der Waals surface area contributed by atoms with E-state index in [4.69, 9.17) is 5.73 Å². The van der Waals surface area contributed by atoms with Crippen LogP contribution in [0.15, 0.2) is 6.07 Å². The summed E-state index contributed by atoms with van der Waals surface area (Å²) in [4.78, 5) is 3.03. The van der Waals surface area contributed by atoms with Crippen LogP contribution in [0.2, 0.25) is 0 Å². The summed E-state index contributed by atoms with van der Waals surface area (Å²) >= 11 is 0. The molecule has 0 radical (unpaired) electrons. The van der Waals surface area contributed by atoms with E-state index in [2.05, 4.69) is 9.72 Å². The molecule has 1 aromatic heterocycles. The number of hydrogen-bond acceptors (Lipinski definition) is 3. The van der Waals surface area contributed by atoms with Crippen molar-refractivity contribution in [2.45, 2.75) is 19.2 Å². The first-order valence-corrected chi connectivity index (χ1v) is 4.06. The Bertz CT molecular complexity index is 393. The Labute approximate surface area is 87.0 Å². The molecule has 0 amide bonds. The molecule has 1 unspecified atom stereocenters. The molecule has 0 bridgehead atoms. The predicted molar refractivity (Wildman–Crippen MR) is 44.7 cm³/mol. The SMILES string of the molecule is CC(Oc1nc(N)c(F)cc1F)C(F)(F)F. The zero-order valence-electron chi connectivity index (χ0n) is 7.98. The molecule has 0 aliphatic carbocycles. The molecule has 3 nitrogen and oxygen atoms in total. The molecule has 1 heterocycles. The van der Waals surface area contributed by atoms with E-state index in [9.17, 15) is 22.0 Å². The summed E-state index contributed by atoms with van der Waals surface area (Å²) in [7, 11) is 0. The zero-order chi connectivity index (χ0) is 12.5. The highest BCUT2D eigenvalue weighted by molar-refractivity contribution is 5.34. The van der Waals surface area contributed by atoms with Crippen molar-refractivity contribution in [3.8, 4) is 5.88 Å². The van der Waals surface area contributed by atoms with Gasteiger partial charge in [-0.2, -0.15) is 18.2 Å². The molecule has 0 saturated heterocycles. The Morgan fingerprint density at radius 3 is 2.38 bits per heavy atom. The van der Waals surface area contributed by atoms with E-state index in [0.29, 0.717) is 13.0 Å². The van der Waals surface area contributed by atoms with Crippen LogP contribution in [0.5, 0.6) is 5.88 Å². The molecule has 0 spiro atoms. The van der Waals surface area contributed by atoms with E-state index in [-0.39, 0.29) is 0 Å². The number of rotatable bonds is 2. The number of nitrogens with two attached hydrogens (primary N) is 1. The molecular formula is C8H7F5N2O. The smallest absolute Gasteiger partial charge is 0.425 e. The Morgan fingerprint density at radius 2 is 1.88 bits per heavy atom. The van der Waals surface area contributed by atoms with Gasteiger partial charge in [0.2, 0.25) is 0 Å². The minimum absolute atomic E-state index is 0.306. The van der Waals surface area contributed by atoms with Crippen molar-refractivity contribution >= 4 is 5.82 Å². The van der Waals surface area contributed by atoms with E-state index < -0.39 is 35.6 Å². The Balaban J connectivity index is 2.94. The normalized spacial score (nSPS) is 13.6. The molecule has 0 aromatic carbocycles. The summed E-state index contributed by atoms with van der Waals surface area (Å²) in [6.07, 6.45) is -6.93. The molecule has 90 valence electrons. The molecule has 16 heavy (non-hydrogen) atoms. The van der Waals surface area contributed by atoms with Gasteiger partial charge in [0.25, 0.3) is 5.88 Å². The largest absolute Gasteiger partial charge is 0.463 e. The average molecular weight is 242 g/mol. The van der Waals surface area contributed by atoms with Crippen LogP contribution in [0.1, 0.15) is 6.92 Å². The fourth-order valence-corrected chi connectivity index (χ4v) is 0.780. The van der Waals surface area contributed by atoms with Gasteiger partial charge in [0.05, 0.1) is 0 Å². The summed E-state index contributed by atoms with van der Waals surface area (Å²) in [5.74, 6) is -4.22. The van der Waals surface area contributed by atoms with Crippen LogP contribution < -0.4 is 10.5 Å². The Morgan fingerprint density at radius 1 is 1.31 bits per heavy atom. The van der Waals surface area contributed by atoms with Crippen LogP contribution in [-0.2, 0) is 0 Å². The lowest BCUT2D eigenvalue weighted by Crippen LogP contribution is -2.31. The summed E-state index contributed by atoms with van der Waals surface area (Å²) in [6.45, 7) is 0.667. The monoisotopic (exact) mass is 242 g/mol. The van der Waals surface area contributed by atoms with E-state index >= 15 is 0 Å². The van der Waals surface area contributed by atoms with E-state index in [1.807, 2.05) is 0 Å². The minimum atomic E-state index is -4.67. The van der Waals surface area contributed by atoms with E-state index in [1.165, 1.54) is 0 Å². The van der Waals surface area contributed by atoms with Crippen molar-refractivity contribution in [1.82, 2.24) is 4.98 Å². The second-order valence-electron chi connectivity index (χ2n) is 2.94. The van der Waals surface area contributed by atoms with Gasteiger partial charge >= 0.3 is 6.18 Å². The molecule has 8 heteroatoms. The number of nitrogen functional groups attached to an aromatic ring is 1. The van der Waals surface area contributed by atoms with E-state index in [0.717, 1.165) is 0 Å². The number of ether oxygens (including phenoxy) is 1. The van der Waals surface area contributed by atoms with Gasteiger partial charge in [0.1, 0.15) is 0 Å². The number of anilines is 1. The summed E-state index contributed by atoms with van der Waals surface area (Å²) in [5, 5.41) is 0. The summed E-state index contributed by atoms with van der Waals surface area (Å²) < 4.78 is 65.9. The fraction of sp³-hybridized carbons (Fsp3) is 0.375. The quantitative estimate of drug-likeness (QED) is 0.809. The van der Waals surface area contributed by atoms with Crippen molar-refractivity contribution in [2.24, 2.45) is 0 Å². The maximum absolute atomic E-state index is 12.9. The molecular weight excluding hydrogens is 235 g/mol. The van der Waals surface area contributed by atoms with Crippen molar-refractivity contribution < 1.29 is 26.7 Å². The van der Waals surface area contributed by atoms with Gasteiger partial charge in [-0.25, -0.2) is 8.78 Å². The first-order chi connectivity index (χ1) is 7.21. The second kappa shape index (κ2) is 4.11. The van der Waals surface area contributed by atoms with Crippen molar-refractivity contribution in [3.63, 3.8) is 0 Å². The first kappa shape index (κ1) is 12.5. The molecule has 2 N–H and O–H groups in total. The maximum atomic E-state index is 12.9. The standard InChI is InChI=1S/C8H7F5N2O/c1-3(8(11,12)13)16-7-5(10)2-4(9)6(14)15-7/h2-3H,1H3,(H2,14,15). The van der Waals surface area contributed by atoms with Crippen LogP contribution in [0, 0.1) is 11.6 Å². The molecule has 1 atom stereocenters. The minimum Gasteiger partial charge on any atom is -0.463 e. The zero-order valence-corrected chi connectivity index (χ0v) is 7.98. The van der Waals surface area contributed by atoms with Gasteiger partial charge in [-0.1, -0.05) is 0 Å². The van der Waals surface area contributed by atoms with Crippen LogP contribution in [0.3, 0.4) is 0 Å². The average Bonchev–Trinajstić information content (AvgIpc) is 2.12. The third-order valence-electron chi connectivity index (χ3n) is 1.67. The van der Waals surface area contributed by atoms with Gasteiger partial charge in [-0.15, -0.1) is 0 Å². The number of aromatic nitrogens is 1. The molecule has 0 fully saturated rings. The second-order valence-corrected chi connectivity index (χ2v) is 2.94. The Hall–Kier alpha value is -1.60. The fourth-order valence-electron chi connectivity index (χ4n) is 0.780. The van der Waals surface area contributed by atoms with Gasteiger partial charge in [-0.3, -0.25) is 0 Å². The summed E-state index contributed by atoms with van der Waals surface area (Å²) in [5.41, 5.74) is 4.96. The first-order valence-electron chi connectivity index (χ1n) is 4.06. The van der Waals surface area contributed by atoms with Crippen molar-refractivity contribution in [1.29, 1.82) is 0 Å². The van der Waals surface area contributed by atoms with Crippen LogP contribution in [-0.4, -0.2) is 17.3 Å². The molecule has 1 aromatic rings. The molecule has 0 saturated carbocycles. The van der Waals surface area contributed by atoms with Gasteiger partial charge < -0.3 is 10.5 Å². The van der Waals surface area contributed by atoms with Crippen LogP contribution in [0.4, 0.5) is 27.8 Å². The van der Waals surface area contributed by atoms with Crippen molar-refractivity contribution in [3.05, 3.63) is 17.7 Å². The number of hydrogen-bond donors (Lipinski definition) is 1. The number of halogens is 5. The highest BCUT2D eigenvalue weighted by Gasteiger charge is 2.38. The number of alkyl halides is 3. The third-order valence-corrected chi connectivity index (χ3v) is 1.67. The third kappa shape index (κ3) is 2.71.